The largest absolute Gasteiger partial charge is 0.332 e. The number of nitrogens with one attached hydrogen (secondary N) is 1. The van der Waals surface area contributed by atoms with Crippen molar-refractivity contribution in [2.24, 2.45) is 4.40 Å². The molecule has 0 fully saturated rings. The number of aromatic nitrogens is 1. The molecule has 0 aliphatic carbocycles. The second-order valence-electron chi connectivity index (χ2n) is 2.56. The molecule has 0 saturated carbocycles. The quantitative estimate of drug-likeness (QED) is 0.716. The van der Waals surface area contributed by atoms with Gasteiger partial charge in [-0.2, -0.15) is 8.42 Å². The van der Waals surface area contributed by atoms with E-state index in [2.05, 4.69) is 14.7 Å². The summed E-state index contributed by atoms with van der Waals surface area (Å²) in [6, 6.07) is 3.33. The smallest absolute Gasteiger partial charge is 0.304 e. The van der Waals surface area contributed by atoms with E-state index in [9.17, 15) is 8.42 Å². The van der Waals surface area contributed by atoms with Crippen LogP contribution >= 0.6 is 11.8 Å². The number of rotatable bonds is 0. The van der Waals surface area contributed by atoms with Crippen LogP contribution in [-0.2, 0) is 10.0 Å². The zero-order valence-electron chi connectivity index (χ0n) is 7.26. The molecule has 1 aromatic heterocycles. The van der Waals surface area contributed by atoms with Gasteiger partial charge in [0.1, 0.15) is 0 Å². The molecular formula is C7H7N3O2S2. The number of amidine groups is 1. The molecule has 0 atom stereocenters. The Morgan fingerprint density at radius 2 is 2.29 bits per heavy atom. The minimum Gasteiger partial charge on any atom is -0.332 e. The number of sulfonamides is 1. The zero-order chi connectivity index (χ0) is 10.2. The monoisotopic (exact) mass is 229 g/mol. The second kappa shape index (κ2) is 3.25. The lowest BCUT2D eigenvalue weighted by Gasteiger charge is -2.14. The summed E-state index contributed by atoms with van der Waals surface area (Å²) in [4.78, 5) is 3.77. The molecule has 1 N–H and O–H groups in total. The highest BCUT2D eigenvalue weighted by Crippen LogP contribution is 2.26. The molecule has 2 heterocycles. The van der Waals surface area contributed by atoms with Gasteiger partial charge in [-0.3, -0.25) is 0 Å². The van der Waals surface area contributed by atoms with Crippen molar-refractivity contribution in [3.8, 4) is 0 Å². The fourth-order valence-electron chi connectivity index (χ4n) is 1.07. The van der Waals surface area contributed by atoms with Crippen LogP contribution in [0.5, 0.6) is 0 Å². The number of nitrogens with zero attached hydrogens (tertiary/aromatic N) is 2. The van der Waals surface area contributed by atoms with Gasteiger partial charge in [-0.1, -0.05) is 11.8 Å². The normalized spacial score (nSPS) is 17.9. The van der Waals surface area contributed by atoms with Gasteiger partial charge < -0.3 is 5.32 Å². The van der Waals surface area contributed by atoms with Crippen molar-refractivity contribution in [1.82, 2.24) is 4.98 Å². The first kappa shape index (κ1) is 9.47. The lowest BCUT2D eigenvalue weighted by Crippen LogP contribution is -2.19. The number of hydrogen-bond acceptors (Lipinski definition) is 5. The van der Waals surface area contributed by atoms with Crippen LogP contribution in [0.2, 0.25) is 0 Å². The Bertz CT molecular complexity index is 495. The summed E-state index contributed by atoms with van der Waals surface area (Å²) in [5, 5.41) is 3.22. The minimum atomic E-state index is -3.61. The van der Waals surface area contributed by atoms with Gasteiger partial charge in [0.25, 0.3) is 0 Å². The maximum Gasteiger partial charge on any atom is 0.304 e. The highest BCUT2D eigenvalue weighted by molar-refractivity contribution is 8.14. The molecule has 14 heavy (non-hydrogen) atoms. The summed E-state index contributed by atoms with van der Waals surface area (Å²) < 4.78 is 26.6. The Morgan fingerprint density at radius 1 is 1.50 bits per heavy atom. The predicted molar refractivity (Wildman–Crippen MR) is 56.0 cm³/mol. The van der Waals surface area contributed by atoms with E-state index in [-0.39, 0.29) is 5.03 Å². The average Bonchev–Trinajstić information content (AvgIpc) is 2.17. The molecular weight excluding hydrogens is 222 g/mol. The fraction of sp³-hybridized carbons (Fsp3) is 0.143. The first-order chi connectivity index (χ1) is 6.63. The highest BCUT2D eigenvalue weighted by atomic mass is 32.2. The summed E-state index contributed by atoms with van der Waals surface area (Å²) in [7, 11) is -3.61. The van der Waals surface area contributed by atoms with Gasteiger partial charge in [0.15, 0.2) is 5.17 Å². The molecule has 1 aliphatic heterocycles. The van der Waals surface area contributed by atoms with E-state index in [0.717, 1.165) is 0 Å². The van der Waals surface area contributed by atoms with Crippen LogP contribution in [0.15, 0.2) is 27.8 Å². The zero-order valence-corrected chi connectivity index (χ0v) is 8.89. The molecule has 2 rings (SSSR count). The molecule has 5 nitrogen and oxygen atoms in total. The van der Waals surface area contributed by atoms with Crippen molar-refractivity contribution >= 4 is 32.6 Å². The molecule has 1 aromatic rings. The van der Waals surface area contributed by atoms with Gasteiger partial charge in [-0.15, -0.1) is 4.40 Å². The minimum absolute atomic E-state index is 0.0159. The molecule has 0 aromatic carbocycles. The second-order valence-corrected chi connectivity index (χ2v) is 4.87. The molecule has 0 radical (unpaired) electrons. The van der Waals surface area contributed by atoms with Gasteiger partial charge in [0.05, 0.1) is 5.69 Å². The van der Waals surface area contributed by atoms with E-state index in [1.54, 1.807) is 18.4 Å². The molecule has 74 valence electrons. The van der Waals surface area contributed by atoms with Crippen LogP contribution in [-0.4, -0.2) is 24.8 Å². The Balaban J connectivity index is 2.63. The summed E-state index contributed by atoms with van der Waals surface area (Å²) in [6.07, 6.45) is 3.18. The van der Waals surface area contributed by atoms with Crippen molar-refractivity contribution in [3.05, 3.63) is 18.3 Å². The molecule has 1 aliphatic rings. The molecule has 0 bridgehead atoms. The summed E-state index contributed by atoms with van der Waals surface area (Å²) in [6.45, 7) is 0. The molecule has 7 heteroatoms. The third kappa shape index (κ3) is 1.48. The van der Waals surface area contributed by atoms with Crippen molar-refractivity contribution < 1.29 is 8.42 Å². The van der Waals surface area contributed by atoms with Crippen LogP contribution in [0, 0.1) is 0 Å². The number of thioether (sulfide) groups is 1. The maximum atomic E-state index is 11.5. The van der Waals surface area contributed by atoms with Crippen molar-refractivity contribution in [3.63, 3.8) is 0 Å². The maximum absolute atomic E-state index is 11.5. The van der Waals surface area contributed by atoms with Gasteiger partial charge in [-0.25, -0.2) is 4.98 Å². The Morgan fingerprint density at radius 3 is 3.00 bits per heavy atom. The number of hydrogen-bond donors (Lipinski definition) is 1. The molecule has 0 unspecified atom stereocenters. The molecule has 0 saturated heterocycles. The summed E-state index contributed by atoms with van der Waals surface area (Å²) in [5.41, 5.74) is 0.479. The SMILES string of the molecule is CSC1=NS(=O)(=O)c2ncccc2N1. The number of anilines is 1. The van der Waals surface area contributed by atoms with E-state index in [1.165, 1.54) is 18.0 Å². The summed E-state index contributed by atoms with van der Waals surface area (Å²) in [5.74, 6) is 0. The van der Waals surface area contributed by atoms with Gasteiger partial charge in [0, 0.05) is 6.20 Å². The lowest BCUT2D eigenvalue weighted by atomic mass is 10.4. The topological polar surface area (TPSA) is 71.4 Å². The van der Waals surface area contributed by atoms with E-state index < -0.39 is 10.0 Å². The van der Waals surface area contributed by atoms with Crippen LogP contribution in [0.4, 0.5) is 5.69 Å². The van der Waals surface area contributed by atoms with Gasteiger partial charge in [0.2, 0.25) is 5.03 Å². The first-order valence-electron chi connectivity index (χ1n) is 3.74. The Hall–Kier alpha value is -1.08. The number of pyridine rings is 1. The van der Waals surface area contributed by atoms with E-state index in [0.29, 0.717) is 10.9 Å². The van der Waals surface area contributed by atoms with E-state index >= 15 is 0 Å². The van der Waals surface area contributed by atoms with Crippen LogP contribution in [0.25, 0.3) is 0 Å². The van der Waals surface area contributed by atoms with Crippen molar-refractivity contribution in [1.29, 1.82) is 0 Å². The third-order valence-electron chi connectivity index (χ3n) is 1.65. The van der Waals surface area contributed by atoms with Crippen LogP contribution in [0.1, 0.15) is 0 Å². The summed E-state index contributed by atoms with van der Waals surface area (Å²) >= 11 is 1.24. The van der Waals surface area contributed by atoms with Crippen molar-refractivity contribution in [2.45, 2.75) is 5.03 Å². The Labute approximate surface area is 85.7 Å². The molecule has 0 amide bonds. The van der Waals surface area contributed by atoms with Gasteiger partial charge in [-0.05, 0) is 18.4 Å². The van der Waals surface area contributed by atoms with Gasteiger partial charge >= 0.3 is 10.0 Å². The Kier molecular flexibility index (Phi) is 2.20. The standard InChI is InChI=1S/C7H7N3O2S2/c1-13-7-9-5-3-2-4-8-6(5)14(11,12)10-7/h2-4H,1H3,(H,9,10). The van der Waals surface area contributed by atoms with E-state index in [4.69, 9.17) is 0 Å². The third-order valence-corrected chi connectivity index (χ3v) is 3.59. The molecule has 0 spiro atoms. The average molecular weight is 229 g/mol. The first-order valence-corrected chi connectivity index (χ1v) is 6.41. The lowest BCUT2D eigenvalue weighted by molar-refractivity contribution is 0.594. The fourth-order valence-corrected chi connectivity index (χ4v) is 2.82. The highest BCUT2D eigenvalue weighted by Gasteiger charge is 2.25. The van der Waals surface area contributed by atoms with Crippen LogP contribution in [0.3, 0.4) is 0 Å². The number of fused-ring (bicyclic) bond motifs is 1. The van der Waals surface area contributed by atoms with E-state index in [1.807, 2.05) is 0 Å². The van der Waals surface area contributed by atoms with Crippen LogP contribution < -0.4 is 5.32 Å². The predicted octanol–water partition coefficient (Wildman–Crippen LogP) is 0.915. The van der Waals surface area contributed by atoms with Crippen molar-refractivity contribution in [2.75, 3.05) is 11.6 Å².